The first-order valence-corrected chi connectivity index (χ1v) is 6.03. The molecule has 2 aromatic heterocycles. The lowest BCUT2D eigenvalue weighted by atomic mass is 10.1. The van der Waals surface area contributed by atoms with Gasteiger partial charge in [0, 0.05) is 29.5 Å². The van der Waals surface area contributed by atoms with Gasteiger partial charge >= 0.3 is 0 Å². The van der Waals surface area contributed by atoms with Gasteiger partial charge in [-0.3, -0.25) is 10.1 Å². The molecule has 0 fully saturated rings. The molecule has 0 unspecified atom stereocenters. The van der Waals surface area contributed by atoms with Crippen molar-refractivity contribution in [3.05, 3.63) is 46.8 Å². The minimum atomic E-state index is -0.482. The minimum Gasteiger partial charge on any atom is -0.496 e. The molecule has 3 rings (SSSR count). The standard InChI is InChI=1S/C13H11N5O3/c1-21-11-6-8(18(19)20)2-3-9(11)10-7-15-12-4-5-16-17(12)13(10)14/h2-7H,14H2,1H3. The highest BCUT2D eigenvalue weighted by atomic mass is 16.6. The third kappa shape index (κ3) is 2.02. The van der Waals surface area contributed by atoms with Crippen molar-refractivity contribution in [2.24, 2.45) is 0 Å². The minimum absolute atomic E-state index is 0.0534. The van der Waals surface area contributed by atoms with Crippen molar-refractivity contribution in [1.29, 1.82) is 0 Å². The fourth-order valence-corrected chi connectivity index (χ4v) is 2.11. The Morgan fingerprint density at radius 3 is 2.86 bits per heavy atom. The van der Waals surface area contributed by atoms with Crippen LogP contribution >= 0.6 is 0 Å². The van der Waals surface area contributed by atoms with Gasteiger partial charge in [0.05, 0.1) is 24.3 Å². The van der Waals surface area contributed by atoms with Crippen LogP contribution in [0.4, 0.5) is 11.5 Å². The van der Waals surface area contributed by atoms with Crippen molar-refractivity contribution in [1.82, 2.24) is 14.6 Å². The van der Waals surface area contributed by atoms with E-state index in [-0.39, 0.29) is 5.69 Å². The highest BCUT2D eigenvalue weighted by Gasteiger charge is 2.16. The van der Waals surface area contributed by atoms with Crippen LogP contribution in [0.5, 0.6) is 5.75 Å². The Bertz CT molecular complexity index is 843. The number of methoxy groups -OCH3 is 1. The molecule has 0 aliphatic heterocycles. The average Bonchev–Trinajstić information content (AvgIpc) is 2.96. The predicted molar refractivity (Wildman–Crippen MR) is 76.0 cm³/mol. The average molecular weight is 285 g/mol. The highest BCUT2D eigenvalue weighted by molar-refractivity contribution is 5.80. The van der Waals surface area contributed by atoms with E-state index in [0.717, 1.165) is 0 Å². The Morgan fingerprint density at radius 2 is 2.14 bits per heavy atom. The first-order valence-electron chi connectivity index (χ1n) is 6.03. The quantitative estimate of drug-likeness (QED) is 0.581. The van der Waals surface area contributed by atoms with Gasteiger partial charge < -0.3 is 10.5 Å². The monoisotopic (exact) mass is 285 g/mol. The fourth-order valence-electron chi connectivity index (χ4n) is 2.11. The van der Waals surface area contributed by atoms with Crippen LogP contribution in [0.25, 0.3) is 16.8 Å². The highest BCUT2D eigenvalue weighted by Crippen LogP contribution is 2.35. The number of fused-ring (bicyclic) bond motifs is 1. The zero-order valence-corrected chi connectivity index (χ0v) is 11.1. The molecular weight excluding hydrogens is 274 g/mol. The summed E-state index contributed by atoms with van der Waals surface area (Å²) in [7, 11) is 1.44. The summed E-state index contributed by atoms with van der Waals surface area (Å²) < 4.78 is 6.72. The second-order valence-corrected chi connectivity index (χ2v) is 4.30. The smallest absolute Gasteiger partial charge is 0.273 e. The molecule has 0 radical (unpaired) electrons. The first kappa shape index (κ1) is 12.9. The largest absolute Gasteiger partial charge is 0.496 e. The van der Waals surface area contributed by atoms with E-state index in [4.69, 9.17) is 10.5 Å². The molecule has 0 saturated carbocycles. The zero-order valence-electron chi connectivity index (χ0n) is 11.1. The molecule has 1 aromatic carbocycles. The van der Waals surface area contributed by atoms with Gasteiger partial charge in [-0.25, -0.2) is 4.98 Å². The van der Waals surface area contributed by atoms with Gasteiger partial charge in [0.1, 0.15) is 11.6 Å². The first-order chi connectivity index (χ1) is 10.1. The van der Waals surface area contributed by atoms with Gasteiger partial charge in [0.2, 0.25) is 0 Å². The Labute approximate surface area is 118 Å². The lowest BCUT2D eigenvalue weighted by Crippen LogP contribution is -2.03. The van der Waals surface area contributed by atoms with E-state index in [0.29, 0.717) is 28.3 Å². The van der Waals surface area contributed by atoms with Gasteiger partial charge in [-0.05, 0) is 6.07 Å². The lowest BCUT2D eigenvalue weighted by Gasteiger charge is -2.11. The van der Waals surface area contributed by atoms with Crippen molar-refractivity contribution in [3.8, 4) is 16.9 Å². The third-order valence-corrected chi connectivity index (χ3v) is 3.14. The molecule has 0 amide bonds. The molecule has 8 nitrogen and oxygen atoms in total. The summed E-state index contributed by atoms with van der Waals surface area (Å²) in [4.78, 5) is 14.6. The van der Waals surface area contributed by atoms with Crippen LogP contribution in [0.15, 0.2) is 36.7 Å². The number of non-ortho nitro benzene ring substituents is 1. The SMILES string of the molecule is COc1cc([N+](=O)[O-])ccc1-c1cnc2ccnn2c1N. The number of nitrogen functional groups attached to an aromatic ring is 1. The number of aromatic nitrogens is 3. The van der Waals surface area contributed by atoms with Crippen molar-refractivity contribution < 1.29 is 9.66 Å². The van der Waals surface area contributed by atoms with Crippen LogP contribution in [0, 0.1) is 10.1 Å². The summed E-state index contributed by atoms with van der Waals surface area (Å²) in [5, 5.41) is 14.9. The predicted octanol–water partition coefficient (Wildman–Crippen LogP) is 1.90. The number of ether oxygens (including phenoxy) is 1. The maximum absolute atomic E-state index is 10.8. The number of nitrogens with two attached hydrogens (primary N) is 1. The van der Waals surface area contributed by atoms with Gasteiger partial charge in [-0.15, -0.1) is 0 Å². The normalized spacial score (nSPS) is 10.7. The Balaban J connectivity index is 2.22. The van der Waals surface area contributed by atoms with Crippen LogP contribution in [-0.2, 0) is 0 Å². The van der Waals surface area contributed by atoms with E-state index < -0.39 is 4.92 Å². The molecule has 0 atom stereocenters. The fraction of sp³-hybridized carbons (Fsp3) is 0.0769. The van der Waals surface area contributed by atoms with Gasteiger partial charge in [0.25, 0.3) is 5.69 Å². The van der Waals surface area contributed by atoms with Gasteiger partial charge in [-0.1, -0.05) is 0 Å². The van der Waals surface area contributed by atoms with Crippen LogP contribution in [0.2, 0.25) is 0 Å². The Hall–Kier alpha value is -3.16. The van der Waals surface area contributed by atoms with E-state index in [9.17, 15) is 10.1 Å². The molecular formula is C13H11N5O3. The van der Waals surface area contributed by atoms with E-state index in [1.165, 1.54) is 23.8 Å². The lowest BCUT2D eigenvalue weighted by molar-refractivity contribution is -0.384. The van der Waals surface area contributed by atoms with Crippen LogP contribution in [0.1, 0.15) is 0 Å². The molecule has 0 saturated heterocycles. The second kappa shape index (κ2) is 4.75. The van der Waals surface area contributed by atoms with E-state index in [2.05, 4.69) is 10.1 Å². The Morgan fingerprint density at radius 1 is 1.33 bits per heavy atom. The van der Waals surface area contributed by atoms with Crippen molar-refractivity contribution >= 4 is 17.2 Å². The van der Waals surface area contributed by atoms with E-state index in [1.54, 1.807) is 24.5 Å². The summed E-state index contributed by atoms with van der Waals surface area (Å²) in [5.74, 6) is 0.737. The summed E-state index contributed by atoms with van der Waals surface area (Å²) in [5.41, 5.74) is 7.87. The maximum atomic E-state index is 10.8. The molecule has 0 bridgehead atoms. The number of benzene rings is 1. The summed E-state index contributed by atoms with van der Waals surface area (Å²) >= 11 is 0. The number of hydrogen-bond donors (Lipinski definition) is 1. The molecule has 0 aliphatic carbocycles. The molecule has 0 aliphatic rings. The number of anilines is 1. The van der Waals surface area contributed by atoms with Crippen molar-refractivity contribution in [2.75, 3.05) is 12.8 Å². The molecule has 0 spiro atoms. The maximum Gasteiger partial charge on any atom is 0.273 e. The van der Waals surface area contributed by atoms with Gasteiger partial charge in [0.15, 0.2) is 5.65 Å². The molecule has 2 N–H and O–H groups in total. The molecule has 21 heavy (non-hydrogen) atoms. The number of rotatable bonds is 3. The Kier molecular flexibility index (Phi) is 2.90. The van der Waals surface area contributed by atoms with Crippen LogP contribution in [-0.4, -0.2) is 26.6 Å². The molecule has 2 heterocycles. The van der Waals surface area contributed by atoms with Gasteiger partial charge in [-0.2, -0.15) is 9.61 Å². The number of nitro groups is 1. The number of nitro benzene ring substituents is 1. The van der Waals surface area contributed by atoms with E-state index >= 15 is 0 Å². The second-order valence-electron chi connectivity index (χ2n) is 4.30. The van der Waals surface area contributed by atoms with Crippen LogP contribution < -0.4 is 10.5 Å². The summed E-state index contributed by atoms with van der Waals surface area (Å²) in [6.07, 6.45) is 3.19. The summed E-state index contributed by atoms with van der Waals surface area (Å²) in [6.45, 7) is 0. The zero-order chi connectivity index (χ0) is 15.0. The molecule has 106 valence electrons. The topological polar surface area (TPSA) is 109 Å². The number of nitrogens with zero attached hydrogens (tertiary/aromatic N) is 4. The summed E-state index contributed by atoms with van der Waals surface area (Å²) in [6, 6.07) is 6.06. The molecule has 3 aromatic rings. The molecule has 8 heteroatoms. The van der Waals surface area contributed by atoms with Crippen LogP contribution in [0.3, 0.4) is 0 Å². The third-order valence-electron chi connectivity index (χ3n) is 3.14. The van der Waals surface area contributed by atoms with Crippen molar-refractivity contribution in [3.63, 3.8) is 0 Å². The van der Waals surface area contributed by atoms with Crippen molar-refractivity contribution in [2.45, 2.75) is 0 Å². The van der Waals surface area contributed by atoms with E-state index in [1.807, 2.05) is 0 Å². The number of hydrogen-bond acceptors (Lipinski definition) is 6.